The highest BCUT2D eigenvalue weighted by molar-refractivity contribution is 5.98. The number of aromatic nitrogens is 2. The zero-order chi connectivity index (χ0) is 17.6. The van der Waals surface area contributed by atoms with Crippen LogP contribution >= 0.6 is 0 Å². The molecule has 3 rings (SSSR count). The average molecular weight is 332 g/mol. The van der Waals surface area contributed by atoms with Crippen LogP contribution in [0.5, 0.6) is 0 Å². The van der Waals surface area contributed by atoms with E-state index < -0.39 is 0 Å². The minimum absolute atomic E-state index is 0.0313. The van der Waals surface area contributed by atoms with Crippen molar-refractivity contribution in [1.29, 1.82) is 5.26 Å². The molecule has 0 saturated heterocycles. The molecule has 0 aliphatic rings. The van der Waals surface area contributed by atoms with Crippen molar-refractivity contribution < 1.29 is 9.94 Å². The Hall–Kier alpha value is -3.59. The molecule has 0 spiro atoms. The summed E-state index contributed by atoms with van der Waals surface area (Å²) in [5.41, 5.74) is 3.14. The molecule has 6 nitrogen and oxygen atoms in total. The molecule has 0 radical (unpaired) electrons. The van der Waals surface area contributed by atoms with Crippen LogP contribution in [-0.2, 0) is 4.84 Å². The van der Waals surface area contributed by atoms with Gasteiger partial charge in [-0.3, -0.25) is 0 Å². The van der Waals surface area contributed by atoms with Crippen LogP contribution in [0, 0.1) is 11.3 Å². The second-order valence-electron chi connectivity index (χ2n) is 5.35. The Kier molecular flexibility index (Phi) is 4.77. The number of imidazole rings is 1. The van der Waals surface area contributed by atoms with Crippen molar-refractivity contribution in [1.82, 2.24) is 9.97 Å². The van der Waals surface area contributed by atoms with Gasteiger partial charge in [0, 0.05) is 0 Å². The van der Waals surface area contributed by atoms with Crippen LogP contribution in [0.15, 0.2) is 65.5 Å². The molecule has 1 aromatic heterocycles. The van der Waals surface area contributed by atoms with Crippen LogP contribution in [0.4, 0.5) is 0 Å². The molecule has 0 bridgehead atoms. The molecule has 0 atom stereocenters. The first-order chi connectivity index (χ1) is 12.2. The van der Waals surface area contributed by atoms with E-state index in [4.69, 9.17) is 4.84 Å². The molecule has 0 aliphatic heterocycles. The number of rotatable bonds is 5. The lowest BCUT2D eigenvalue weighted by Crippen LogP contribution is -2.01. The summed E-state index contributed by atoms with van der Waals surface area (Å²) in [6, 6.07) is 18.9. The van der Waals surface area contributed by atoms with E-state index in [0.29, 0.717) is 11.5 Å². The number of oxime groups is 1. The Morgan fingerprint density at radius 2 is 1.92 bits per heavy atom. The number of nitrogens with zero attached hydrogens (tertiary/aromatic N) is 3. The standard InChI is InChI=1S/C19H16N4O2/c1-13(14-7-3-2-4-8-14)23-25-12-18(24)15(11-20)19-21-16-9-5-6-10-17(16)22-19/h2-10,24H,12H2,1H3,(H,21,22)/b18-15?,23-13-. The molecule has 2 aromatic carbocycles. The number of nitriles is 1. The fourth-order valence-electron chi connectivity index (χ4n) is 2.32. The van der Waals surface area contributed by atoms with Gasteiger partial charge in [-0.15, -0.1) is 0 Å². The summed E-state index contributed by atoms with van der Waals surface area (Å²) in [6.07, 6.45) is 0. The van der Waals surface area contributed by atoms with Crippen LogP contribution in [0.1, 0.15) is 18.3 Å². The van der Waals surface area contributed by atoms with E-state index in [1.54, 1.807) is 6.92 Å². The number of hydrogen-bond donors (Lipinski definition) is 2. The predicted octanol–water partition coefficient (Wildman–Crippen LogP) is 3.80. The third kappa shape index (κ3) is 3.67. The number of aliphatic hydroxyl groups is 1. The number of fused-ring (bicyclic) bond motifs is 1. The molecular formula is C19H16N4O2. The first kappa shape index (κ1) is 16.3. The molecular weight excluding hydrogens is 316 g/mol. The maximum atomic E-state index is 10.2. The first-order valence-corrected chi connectivity index (χ1v) is 7.68. The number of aromatic amines is 1. The van der Waals surface area contributed by atoms with Crippen molar-refractivity contribution in [3.8, 4) is 6.07 Å². The fourth-order valence-corrected chi connectivity index (χ4v) is 2.32. The molecule has 124 valence electrons. The van der Waals surface area contributed by atoms with Crippen molar-refractivity contribution in [3.63, 3.8) is 0 Å². The normalized spacial score (nSPS) is 12.6. The van der Waals surface area contributed by atoms with Gasteiger partial charge >= 0.3 is 0 Å². The highest BCUT2D eigenvalue weighted by Crippen LogP contribution is 2.18. The summed E-state index contributed by atoms with van der Waals surface area (Å²) in [6.45, 7) is 1.59. The topological polar surface area (TPSA) is 94.3 Å². The van der Waals surface area contributed by atoms with E-state index >= 15 is 0 Å². The maximum Gasteiger partial charge on any atom is 0.175 e. The minimum Gasteiger partial charge on any atom is -0.507 e. The van der Waals surface area contributed by atoms with Crippen molar-refractivity contribution >= 4 is 22.3 Å². The summed E-state index contributed by atoms with van der Waals surface area (Å²) >= 11 is 0. The van der Waals surface area contributed by atoms with Crippen LogP contribution < -0.4 is 0 Å². The highest BCUT2D eigenvalue weighted by atomic mass is 16.6. The number of benzene rings is 2. The molecule has 25 heavy (non-hydrogen) atoms. The summed E-state index contributed by atoms with van der Waals surface area (Å²) in [4.78, 5) is 12.5. The Morgan fingerprint density at radius 1 is 1.20 bits per heavy atom. The Balaban J connectivity index is 1.77. The molecule has 0 aliphatic carbocycles. The lowest BCUT2D eigenvalue weighted by atomic mass is 10.1. The smallest absolute Gasteiger partial charge is 0.175 e. The monoisotopic (exact) mass is 332 g/mol. The van der Waals surface area contributed by atoms with Crippen LogP contribution in [0.25, 0.3) is 16.6 Å². The molecule has 0 saturated carbocycles. The third-order valence-electron chi connectivity index (χ3n) is 3.62. The quantitative estimate of drug-likeness (QED) is 0.321. The number of nitrogens with one attached hydrogen (secondary N) is 1. The number of aliphatic hydroxyl groups excluding tert-OH is 1. The Labute approximate surface area is 144 Å². The van der Waals surface area contributed by atoms with Crippen molar-refractivity contribution in [3.05, 3.63) is 71.7 Å². The second-order valence-corrected chi connectivity index (χ2v) is 5.35. The van der Waals surface area contributed by atoms with Gasteiger partial charge in [0.15, 0.2) is 18.2 Å². The number of H-pyrrole nitrogens is 1. The molecule has 2 N–H and O–H groups in total. The molecule has 0 amide bonds. The second kappa shape index (κ2) is 7.32. The Bertz CT molecular complexity index is 948. The van der Waals surface area contributed by atoms with Gasteiger partial charge in [-0.25, -0.2) is 4.98 Å². The molecule has 6 heteroatoms. The van der Waals surface area contributed by atoms with Gasteiger partial charge in [-0.2, -0.15) is 5.26 Å². The van der Waals surface area contributed by atoms with Gasteiger partial charge in [-0.05, 0) is 24.6 Å². The summed E-state index contributed by atoms with van der Waals surface area (Å²) in [5, 5.41) is 23.5. The highest BCUT2D eigenvalue weighted by Gasteiger charge is 2.13. The number of hydrogen-bond acceptors (Lipinski definition) is 5. The third-order valence-corrected chi connectivity index (χ3v) is 3.62. The predicted molar refractivity (Wildman–Crippen MR) is 95.9 cm³/mol. The van der Waals surface area contributed by atoms with E-state index in [-0.39, 0.29) is 17.9 Å². The van der Waals surface area contributed by atoms with E-state index in [9.17, 15) is 10.4 Å². The van der Waals surface area contributed by atoms with Gasteiger partial charge in [0.2, 0.25) is 0 Å². The summed E-state index contributed by atoms with van der Waals surface area (Å²) in [7, 11) is 0. The average Bonchev–Trinajstić information content (AvgIpc) is 3.06. The number of allylic oxidation sites excluding steroid dienone is 1. The summed E-state index contributed by atoms with van der Waals surface area (Å²) in [5.74, 6) is 0.0692. The van der Waals surface area contributed by atoms with Crippen molar-refractivity contribution in [2.75, 3.05) is 6.61 Å². The van der Waals surface area contributed by atoms with Crippen LogP contribution in [0.3, 0.4) is 0 Å². The van der Waals surface area contributed by atoms with E-state index in [1.165, 1.54) is 0 Å². The van der Waals surface area contributed by atoms with E-state index in [1.807, 2.05) is 60.7 Å². The van der Waals surface area contributed by atoms with E-state index in [0.717, 1.165) is 16.6 Å². The van der Waals surface area contributed by atoms with Gasteiger partial charge in [0.05, 0.1) is 16.7 Å². The van der Waals surface area contributed by atoms with Gasteiger partial charge in [0.1, 0.15) is 11.6 Å². The zero-order valence-corrected chi connectivity index (χ0v) is 13.6. The van der Waals surface area contributed by atoms with Crippen molar-refractivity contribution in [2.45, 2.75) is 6.92 Å². The Morgan fingerprint density at radius 3 is 2.64 bits per heavy atom. The van der Waals surface area contributed by atoms with Gasteiger partial charge in [0.25, 0.3) is 0 Å². The van der Waals surface area contributed by atoms with Gasteiger partial charge in [-0.1, -0.05) is 47.6 Å². The summed E-state index contributed by atoms with van der Waals surface area (Å²) < 4.78 is 0. The lowest BCUT2D eigenvalue weighted by molar-refractivity contribution is 0.137. The lowest BCUT2D eigenvalue weighted by Gasteiger charge is -2.03. The fraction of sp³-hybridized carbons (Fsp3) is 0.105. The molecule has 1 heterocycles. The zero-order valence-electron chi connectivity index (χ0n) is 13.6. The van der Waals surface area contributed by atoms with E-state index in [2.05, 4.69) is 15.1 Å². The first-order valence-electron chi connectivity index (χ1n) is 7.68. The molecule has 0 unspecified atom stereocenters. The van der Waals surface area contributed by atoms with Crippen LogP contribution in [-0.4, -0.2) is 27.4 Å². The van der Waals surface area contributed by atoms with Gasteiger partial charge < -0.3 is 14.9 Å². The number of para-hydroxylation sites is 2. The van der Waals surface area contributed by atoms with Crippen LogP contribution in [0.2, 0.25) is 0 Å². The minimum atomic E-state index is -0.230. The molecule has 3 aromatic rings. The largest absolute Gasteiger partial charge is 0.507 e. The SMILES string of the molecule is C/C(=N/OCC(O)=C(C#N)c1nc2ccccc2[nH]1)c1ccccc1. The molecule has 0 fully saturated rings. The maximum absolute atomic E-state index is 10.2. The van der Waals surface area contributed by atoms with Crippen molar-refractivity contribution in [2.24, 2.45) is 5.16 Å².